The molecule has 2 aromatic carbocycles. The van der Waals surface area contributed by atoms with Crippen molar-refractivity contribution in [3.05, 3.63) is 77.5 Å². The van der Waals surface area contributed by atoms with Crippen LogP contribution in [0.3, 0.4) is 0 Å². The standard InChI is InChI=1S/C19H16N4O/c1-14-3-2-4-16(11-14)13-24-18-9-10-21-19(23-18)22-17-7-5-15(12-20)6-8-17/h2-11H,13H2,1H3,(H,21,22,23). The number of hydrogen-bond donors (Lipinski definition) is 1. The molecule has 24 heavy (non-hydrogen) atoms. The minimum absolute atomic E-state index is 0.446. The van der Waals surface area contributed by atoms with E-state index in [0.29, 0.717) is 24.0 Å². The van der Waals surface area contributed by atoms with Gasteiger partial charge in [0.2, 0.25) is 11.8 Å². The molecule has 1 N–H and O–H groups in total. The number of benzene rings is 2. The lowest BCUT2D eigenvalue weighted by atomic mass is 10.1. The van der Waals surface area contributed by atoms with Crippen LogP contribution in [0.5, 0.6) is 5.88 Å². The third kappa shape index (κ3) is 4.08. The Morgan fingerprint density at radius 1 is 1.12 bits per heavy atom. The summed E-state index contributed by atoms with van der Waals surface area (Å²) in [7, 11) is 0. The minimum atomic E-state index is 0.446. The smallest absolute Gasteiger partial charge is 0.230 e. The van der Waals surface area contributed by atoms with Crippen LogP contribution in [0.15, 0.2) is 60.8 Å². The van der Waals surface area contributed by atoms with Crippen molar-refractivity contribution in [2.24, 2.45) is 0 Å². The largest absolute Gasteiger partial charge is 0.473 e. The molecule has 0 aliphatic rings. The summed E-state index contributed by atoms with van der Waals surface area (Å²) in [4.78, 5) is 8.52. The van der Waals surface area contributed by atoms with Crippen molar-refractivity contribution in [3.8, 4) is 11.9 Å². The lowest BCUT2D eigenvalue weighted by Crippen LogP contribution is -2.01. The van der Waals surface area contributed by atoms with Crippen molar-refractivity contribution in [1.82, 2.24) is 9.97 Å². The van der Waals surface area contributed by atoms with Gasteiger partial charge in [-0.25, -0.2) is 4.98 Å². The highest BCUT2D eigenvalue weighted by molar-refractivity contribution is 5.54. The van der Waals surface area contributed by atoms with Gasteiger partial charge >= 0.3 is 0 Å². The molecular formula is C19H16N4O. The van der Waals surface area contributed by atoms with E-state index in [1.807, 2.05) is 37.3 Å². The summed E-state index contributed by atoms with van der Waals surface area (Å²) in [6.07, 6.45) is 1.64. The normalized spacial score (nSPS) is 10.0. The summed E-state index contributed by atoms with van der Waals surface area (Å²) in [5, 5.41) is 11.9. The quantitative estimate of drug-likeness (QED) is 0.771. The zero-order chi connectivity index (χ0) is 16.8. The lowest BCUT2D eigenvalue weighted by molar-refractivity contribution is 0.294. The fraction of sp³-hybridized carbons (Fsp3) is 0.105. The fourth-order valence-corrected chi connectivity index (χ4v) is 2.20. The number of nitrogens with zero attached hydrogens (tertiary/aromatic N) is 3. The summed E-state index contributed by atoms with van der Waals surface area (Å²) in [6.45, 7) is 2.50. The van der Waals surface area contributed by atoms with Gasteiger partial charge in [-0.05, 0) is 36.8 Å². The van der Waals surface area contributed by atoms with Gasteiger partial charge in [-0.3, -0.25) is 0 Å². The summed E-state index contributed by atoms with van der Waals surface area (Å²) in [5.74, 6) is 0.948. The minimum Gasteiger partial charge on any atom is -0.473 e. The van der Waals surface area contributed by atoms with Crippen LogP contribution < -0.4 is 10.1 Å². The van der Waals surface area contributed by atoms with E-state index in [4.69, 9.17) is 10.00 Å². The van der Waals surface area contributed by atoms with Crippen LogP contribution in [-0.2, 0) is 6.61 Å². The molecule has 0 unspecified atom stereocenters. The predicted molar refractivity (Wildman–Crippen MR) is 92.0 cm³/mol. The Morgan fingerprint density at radius 3 is 2.71 bits per heavy atom. The van der Waals surface area contributed by atoms with E-state index >= 15 is 0 Å². The molecule has 1 aromatic heterocycles. The first-order chi connectivity index (χ1) is 11.7. The summed E-state index contributed by atoms with van der Waals surface area (Å²) in [5.41, 5.74) is 3.71. The maximum atomic E-state index is 8.81. The van der Waals surface area contributed by atoms with Crippen molar-refractivity contribution in [2.75, 3.05) is 5.32 Å². The predicted octanol–water partition coefficient (Wildman–Crippen LogP) is 3.98. The molecule has 0 aliphatic carbocycles. The Morgan fingerprint density at radius 2 is 1.96 bits per heavy atom. The maximum absolute atomic E-state index is 8.81. The molecule has 0 atom stereocenters. The SMILES string of the molecule is Cc1cccc(COc2ccnc(Nc3ccc(C#N)cc3)n2)c1. The van der Waals surface area contributed by atoms with Crippen LogP contribution in [0.2, 0.25) is 0 Å². The third-order valence-electron chi connectivity index (χ3n) is 3.37. The second-order valence-electron chi connectivity index (χ2n) is 5.31. The third-order valence-corrected chi connectivity index (χ3v) is 3.37. The summed E-state index contributed by atoms with van der Waals surface area (Å²) < 4.78 is 5.73. The fourth-order valence-electron chi connectivity index (χ4n) is 2.20. The van der Waals surface area contributed by atoms with E-state index in [9.17, 15) is 0 Å². The van der Waals surface area contributed by atoms with Crippen molar-refractivity contribution in [1.29, 1.82) is 5.26 Å². The highest BCUT2D eigenvalue weighted by Gasteiger charge is 2.02. The molecule has 5 heteroatoms. The van der Waals surface area contributed by atoms with E-state index < -0.39 is 0 Å². The number of nitriles is 1. The van der Waals surface area contributed by atoms with Gasteiger partial charge < -0.3 is 10.1 Å². The van der Waals surface area contributed by atoms with Gasteiger partial charge in [-0.2, -0.15) is 10.2 Å². The van der Waals surface area contributed by atoms with Gasteiger partial charge in [-0.1, -0.05) is 29.8 Å². The van der Waals surface area contributed by atoms with Crippen LogP contribution in [-0.4, -0.2) is 9.97 Å². The molecule has 0 radical (unpaired) electrons. The number of rotatable bonds is 5. The molecule has 0 saturated carbocycles. The number of ether oxygens (including phenoxy) is 1. The van der Waals surface area contributed by atoms with E-state index in [1.165, 1.54) is 5.56 Å². The van der Waals surface area contributed by atoms with E-state index in [-0.39, 0.29) is 0 Å². The van der Waals surface area contributed by atoms with Crippen molar-refractivity contribution < 1.29 is 4.74 Å². The number of aromatic nitrogens is 2. The molecule has 0 spiro atoms. The van der Waals surface area contributed by atoms with Crippen molar-refractivity contribution in [2.45, 2.75) is 13.5 Å². The molecular weight excluding hydrogens is 300 g/mol. The second-order valence-corrected chi connectivity index (χ2v) is 5.31. The zero-order valence-corrected chi connectivity index (χ0v) is 13.2. The lowest BCUT2D eigenvalue weighted by Gasteiger charge is -2.08. The highest BCUT2D eigenvalue weighted by Crippen LogP contribution is 2.16. The Hall–Kier alpha value is -3.39. The topological polar surface area (TPSA) is 70.8 Å². The van der Waals surface area contributed by atoms with Crippen molar-refractivity contribution >= 4 is 11.6 Å². The number of nitrogens with one attached hydrogen (secondary N) is 1. The van der Waals surface area contributed by atoms with Crippen LogP contribution in [0.1, 0.15) is 16.7 Å². The number of hydrogen-bond acceptors (Lipinski definition) is 5. The Labute approximate surface area is 140 Å². The van der Waals surface area contributed by atoms with Crippen LogP contribution >= 0.6 is 0 Å². The first kappa shape index (κ1) is 15.5. The average molecular weight is 316 g/mol. The first-order valence-electron chi connectivity index (χ1n) is 7.51. The molecule has 0 bridgehead atoms. The monoisotopic (exact) mass is 316 g/mol. The molecule has 1 heterocycles. The van der Waals surface area contributed by atoms with Crippen molar-refractivity contribution in [3.63, 3.8) is 0 Å². The molecule has 0 aliphatic heterocycles. The van der Waals surface area contributed by atoms with Gasteiger partial charge in [0.25, 0.3) is 0 Å². The van der Waals surface area contributed by atoms with E-state index in [0.717, 1.165) is 11.3 Å². The van der Waals surface area contributed by atoms with Gasteiger partial charge in [-0.15, -0.1) is 0 Å². The van der Waals surface area contributed by atoms with Gasteiger partial charge in [0, 0.05) is 18.0 Å². The first-order valence-corrected chi connectivity index (χ1v) is 7.51. The average Bonchev–Trinajstić information content (AvgIpc) is 2.61. The van der Waals surface area contributed by atoms with E-state index in [2.05, 4.69) is 27.4 Å². The molecule has 3 rings (SSSR count). The Balaban J connectivity index is 1.66. The Kier molecular flexibility index (Phi) is 4.68. The van der Waals surface area contributed by atoms with Gasteiger partial charge in [0.1, 0.15) is 6.61 Å². The van der Waals surface area contributed by atoms with Crippen LogP contribution in [0, 0.1) is 18.3 Å². The number of anilines is 2. The molecule has 0 amide bonds. The second kappa shape index (κ2) is 7.25. The van der Waals surface area contributed by atoms with E-state index in [1.54, 1.807) is 24.4 Å². The molecule has 3 aromatic rings. The number of aryl methyl sites for hydroxylation is 1. The molecule has 0 fully saturated rings. The summed E-state index contributed by atoms with van der Waals surface area (Å²) >= 11 is 0. The maximum Gasteiger partial charge on any atom is 0.230 e. The zero-order valence-electron chi connectivity index (χ0n) is 13.2. The highest BCUT2D eigenvalue weighted by atomic mass is 16.5. The molecule has 0 saturated heterocycles. The Bertz CT molecular complexity index is 869. The van der Waals surface area contributed by atoms with Gasteiger partial charge in [0.15, 0.2) is 0 Å². The molecule has 118 valence electrons. The van der Waals surface area contributed by atoms with Gasteiger partial charge in [0.05, 0.1) is 11.6 Å². The van der Waals surface area contributed by atoms with Crippen LogP contribution in [0.4, 0.5) is 11.6 Å². The molecule has 5 nitrogen and oxygen atoms in total. The van der Waals surface area contributed by atoms with Crippen LogP contribution in [0.25, 0.3) is 0 Å². The summed E-state index contributed by atoms with van der Waals surface area (Å²) in [6, 6.07) is 19.0.